The molecule has 0 amide bonds. The Kier molecular flexibility index (Phi) is 4.87. The zero-order valence-electron chi connectivity index (χ0n) is 13.4. The van der Waals surface area contributed by atoms with E-state index >= 15 is 0 Å². The summed E-state index contributed by atoms with van der Waals surface area (Å²) in [5.41, 5.74) is 4.89. The molecule has 3 rings (SSSR count). The van der Waals surface area contributed by atoms with Crippen molar-refractivity contribution in [2.24, 2.45) is 0 Å². The lowest BCUT2D eigenvalue weighted by Gasteiger charge is -2.08. The van der Waals surface area contributed by atoms with Crippen LogP contribution in [0.25, 0.3) is 16.7 Å². The molecular formula is C22H21F. The van der Waals surface area contributed by atoms with Gasteiger partial charge < -0.3 is 0 Å². The van der Waals surface area contributed by atoms with Crippen molar-refractivity contribution < 1.29 is 4.39 Å². The first-order chi connectivity index (χ1) is 11.3. The van der Waals surface area contributed by atoms with Crippen LogP contribution in [0.4, 0.5) is 4.39 Å². The lowest BCUT2D eigenvalue weighted by Crippen LogP contribution is -1.89. The third-order valence-electron chi connectivity index (χ3n) is 4.10. The number of halogens is 1. The van der Waals surface area contributed by atoms with Crippen molar-refractivity contribution in [3.8, 4) is 11.1 Å². The zero-order chi connectivity index (χ0) is 16.1. The SMILES string of the molecule is CCCc1ccc(-c2ccc(C3=CCC=CC=C3)cc2F)cc1. The van der Waals surface area contributed by atoms with Crippen LogP contribution < -0.4 is 0 Å². The number of rotatable bonds is 4. The molecule has 0 saturated heterocycles. The highest BCUT2D eigenvalue weighted by Gasteiger charge is 2.08. The lowest BCUT2D eigenvalue weighted by molar-refractivity contribution is 0.631. The van der Waals surface area contributed by atoms with E-state index in [2.05, 4.69) is 31.2 Å². The average molecular weight is 304 g/mol. The molecule has 0 aromatic heterocycles. The Labute approximate surface area is 137 Å². The largest absolute Gasteiger partial charge is 0.206 e. The highest BCUT2D eigenvalue weighted by Crippen LogP contribution is 2.27. The van der Waals surface area contributed by atoms with Gasteiger partial charge in [0.25, 0.3) is 0 Å². The van der Waals surface area contributed by atoms with Gasteiger partial charge in [-0.3, -0.25) is 0 Å². The molecule has 0 unspecified atom stereocenters. The summed E-state index contributed by atoms with van der Waals surface area (Å²) in [5.74, 6) is -0.169. The van der Waals surface area contributed by atoms with Gasteiger partial charge in [0, 0.05) is 5.56 Å². The van der Waals surface area contributed by atoms with E-state index in [4.69, 9.17) is 0 Å². The molecule has 2 aromatic rings. The number of allylic oxidation sites excluding steroid dienone is 6. The number of hydrogen-bond donors (Lipinski definition) is 0. The van der Waals surface area contributed by atoms with E-state index in [-0.39, 0.29) is 5.82 Å². The minimum atomic E-state index is -0.169. The van der Waals surface area contributed by atoms with Crippen molar-refractivity contribution in [2.75, 3.05) is 0 Å². The summed E-state index contributed by atoms with van der Waals surface area (Å²) in [5, 5.41) is 0. The molecule has 0 radical (unpaired) electrons. The van der Waals surface area contributed by atoms with Crippen molar-refractivity contribution in [3.05, 3.63) is 89.8 Å². The molecule has 2 aromatic carbocycles. The maximum absolute atomic E-state index is 14.6. The molecule has 0 bridgehead atoms. The number of benzene rings is 2. The molecule has 0 saturated carbocycles. The van der Waals surface area contributed by atoms with Crippen LogP contribution in [0, 0.1) is 5.82 Å². The summed E-state index contributed by atoms with van der Waals surface area (Å²) in [4.78, 5) is 0. The Bertz CT molecular complexity index is 761. The van der Waals surface area contributed by atoms with E-state index in [0.29, 0.717) is 5.56 Å². The molecule has 1 aliphatic rings. The van der Waals surface area contributed by atoms with Gasteiger partial charge >= 0.3 is 0 Å². The Morgan fingerprint density at radius 3 is 2.48 bits per heavy atom. The fourth-order valence-corrected chi connectivity index (χ4v) is 2.86. The number of hydrogen-bond acceptors (Lipinski definition) is 0. The van der Waals surface area contributed by atoms with Crippen LogP contribution in [-0.4, -0.2) is 0 Å². The number of aryl methyl sites for hydroxylation is 1. The minimum absolute atomic E-state index is 0.169. The standard InChI is InChI=1S/C22H21F/c1-2-7-17-10-12-19(13-11-17)21-15-14-20(16-22(21)23)18-8-5-3-4-6-9-18/h3-5,8-16H,2,6-7H2,1H3. The third kappa shape index (κ3) is 3.68. The fourth-order valence-electron chi connectivity index (χ4n) is 2.86. The van der Waals surface area contributed by atoms with Gasteiger partial charge in [-0.05, 0) is 41.2 Å². The molecule has 23 heavy (non-hydrogen) atoms. The quantitative estimate of drug-likeness (QED) is 0.618. The van der Waals surface area contributed by atoms with Gasteiger partial charge in [-0.1, -0.05) is 80.1 Å². The van der Waals surface area contributed by atoms with Gasteiger partial charge in [0.05, 0.1) is 0 Å². The van der Waals surface area contributed by atoms with Crippen molar-refractivity contribution in [3.63, 3.8) is 0 Å². The zero-order valence-corrected chi connectivity index (χ0v) is 13.4. The summed E-state index contributed by atoms with van der Waals surface area (Å²) in [6, 6.07) is 13.7. The molecule has 0 atom stereocenters. The third-order valence-corrected chi connectivity index (χ3v) is 4.10. The minimum Gasteiger partial charge on any atom is -0.206 e. The van der Waals surface area contributed by atoms with Gasteiger partial charge in [0.1, 0.15) is 5.82 Å². The molecule has 116 valence electrons. The normalized spacial score (nSPS) is 13.7. The summed E-state index contributed by atoms with van der Waals surface area (Å²) >= 11 is 0. The highest BCUT2D eigenvalue weighted by molar-refractivity contribution is 5.77. The van der Waals surface area contributed by atoms with Crippen molar-refractivity contribution in [2.45, 2.75) is 26.2 Å². The molecule has 0 fully saturated rings. The molecule has 0 spiro atoms. The van der Waals surface area contributed by atoms with Crippen molar-refractivity contribution in [1.82, 2.24) is 0 Å². The van der Waals surface area contributed by atoms with E-state index in [1.54, 1.807) is 6.07 Å². The van der Waals surface area contributed by atoms with Crippen LogP contribution in [0.1, 0.15) is 30.9 Å². The molecule has 0 N–H and O–H groups in total. The van der Waals surface area contributed by atoms with Crippen molar-refractivity contribution >= 4 is 5.57 Å². The second-order valence-electron chi connectivity index (χ2n) is 5.82. The highest BCUT2D eigenvalue weighted by atomic mass is 19.1. The van der Waals surface area contributed by atoms with Gasteiger partial charge in [-0.2, -0.15) is 0 Å². The summed E-state index contributed by atoms with van der Waals surface area (Å²) in [6.45, 7) is 2.17. The first-order valence-corrected chi connectivity index (χ1v) is 8.20. The lowest BCUT2D eigenvalue weighted by atomic mass is 9.98. The topological polar surface area (TPSA) is 0 Å². The first-order valence-electron chi connectivity index (χ1n) is 8.20. The van der Waals surface area contributed by atoms with E-state index in [1.165, 1.54) is 5.56 Å². The maximum atomic E-state index is 14.6. The molecule has 1 heteroatoms. The summed E-state index contributed by atoms with van der Waals surface area (Å²) in [6.07, 6.45) is 13.3. The van der Waals surface area contributed by atoms with Gasteiger partial charge in [0.15, 0.2) is 0 Å². The van der Waals surface area contributed by atoms with Crippen LogP contribution in [0.2, 0.25) is 0 Å². The Morgan fingerprint density at radius 1 is 0.957 bits per heavy atom. The summed E-state index contributed by atoms with van der Waals surface area (Å²) < 4.78 is 14.6. The van der Waals surface area contributed by atoms with Crippen LogP contribution in [-0.2, 0) is 6.42 Å². The Morgan fingerprint density at radius 2 is 1.74 bits per heavy atom. The smallest absolute Gasteiger partial charge is 0.131 e. The van der Waals surface area contributed by atoms with Gasteiger partial charge in [-0.15, -0.1) is 0 Å². The van der Waals surface area contributed by atoms with Gasteiger partial charge in [0.2, 0.25) is 0 Å². The molecule has 0 nitrogen and oxygen atoms in total. The Balaban J connectivity index is 1.88. The average Bonchev–Trinajstić information content (AvgIpc) is 2.85. The van der Waals surface area contributed by atoms with E-state index < -0.39 is 0 Å². The molecular weight excluding hydrogens is 283 g/mol. The molecule has 0 aliphatic heterocycles. The van der Waals surface area contributed by atoms with E-state index in [1.807, 2.05) is 42.5 Å². The Hall–Kier alpha value is -2.41. The van der Waals surface area contributed by atoms with Crippen molar-refractivity contribution in [1.29, 1.82) is 0 Å². The monoisotopic (exact) mass is 304 g/mol. The van der Waals surface area contributed by atoms with Crippen LogP contribution in [0.3, 0.4) is 0 Å². The van der Waals surface area contributed by atoms with Crippen LogP contribution in [0.15, 0.2) is 72.8 Å². The molecule has 0 heterocycles. The van der Waals surface area contributed by atoms with Crippen LogP contribution in [0.5, 0.6) is 0 Å². The second kappa shape index (κ2) is 7.23. The maximum Gasteiger partial charge on any atom is 0.131 e. The van der Waals surface area contributed by atoms with Crippen LogP contribution >= 0.6 is 0 Å². The second-order valence-corrected chi connectivity index (χ2v) is 5.82. The fraction of sp³-hybridized carbons (Fsp3) is 0.182. The molecule has 1 aliphatic carbocycles. The predicted octanol–water partition coefficient (Wildman–Crippen LogP) is 6.34. The van der Waals surface area contributed by atoms with E-state index in [9.17, 15) is 4.39 Å². The van der Waals surface area contributed by atoms with E-state index in [0.717, 1.165) is 36.0 Å². The summed E-state index contributed by atoms with van der Waals surface area (Å²) in [7, 11) is 0. The first kappa shape index (κ1) is 15.5. The van der Waals surface area contributed by atoms with Gasteiger partial charge in [-0.25, -0.2) is 4.39 Å². The predicted molar refractivity (Wildman–Crippen MR) is 96.7 cm³/mol.